The molecule has 14 heteroatoms. The Balaban J connectivity index is 0.000000557. The molecule has 0 spiro atoms. The van der Waals surface area contributed by atoms with Crippen LogP contribution in [0.15, 0.2) is 77.1 Å². The molecule has 0 radical (unpaired) electrons. The number of unbranched alkanes of at least 4 members (excludes halogenated alkanes) is 1. The topological polar surface area (TPSA) is 137 Å². The number of thiazole rings is 1. The van der Waals surface area contributed by atoms with Crippen molar-refractivity contribution in [2.75, 3.05) is 65.5 Å². The Kier molecular flexibility index (Phi) is 25.0. The summed E-state index contributed by atoms with van der Waals surface area (Å²) < 4.78 is 10.6. The first kappa shape index (κ1) is 48.0. The van der Waals surface area contributed by atoms with Crippen molar-refractivity contribution in [2.24, 2.45) is 0 Å². The second kappa shape index (κ2) is 29.2. The van der Waals surface area contributed by atoms with E-state index >= 15 is 0 Å². The first-order valence-corrected chi connectivity index (χ1v) is 21.5. The summed E-state index contributed by atoms with van der Waals surface area (Å²) >= 11 is 3.20. The van der Waals surface area contributed by atoms with Gasteiger partial charge in [-0.25, -0.2) is 14.6 Å². The standard InChI is InChI=1S/C26H43N7O5S2.2C7H8.C2H6/c1-19(2)24-30-20(17-39-24)15-32(3)25(35)31-22(6-9-33-10-12-37-13-11-33)23(34)28-7-4-5-8-29-26(36)38-16-21-14-27-18-40-21;2*1-7-5-3-2-4-6-7;1-2/h14,17,19,22,27H,4-13,15-16,18H2,1-3H3,(H,28,34)(H,29,36)(H,31,35);2*2-6H,1H3;1-2H3. The number of aryl methyl sites for hydroxylation is 2. The maximum absolute atomic E-state index is 13.1. The maximum Gasteiger partial charge on any atom is 0.407 e. The normalized spacial score (nSPS) is 13.8. The number of benzene rings is 2. The van der Waals surface area contributed by atoms with Crippen molar-refractivity contribution in [2.45, 2.75) is 79.3 Å². The van der Waals surface area contributed by atoms with Crippen molar-refractivity contribution < 1.29 is 23.9 Å². The van der Waals surface area contributed by atoms with E-state index in [0.717, 1.165) is 34.6 Å². The zero-order chi connectivity index (χ0) is 41.0. The number of nitrogens with one attached hydrogen (secondary N) is 4. The summed E-state index contributed by atoms with van der Waals surface area (Å²) in [7, 11) is 1.71. The number of rotatable bonds is 15. The van der Waals surface area contributed by atoms with E-state index < -0.39 is 12.1 Å². The zero-order valence-corrected chi connectivity index (χ0v) is 36.1. The van der Waals surface area contributed by atoms with Crippen LogP contribution in [0.3, 0.4) is 0 Å². The maximum atomic E-state index is 13.1. The van der Waals surface area contributed by atoms with Gasteiger partial charge < -0.3 is 35.6 Å². The van der Waals surface area contributed by atoms with Crippen LogP contribution in [0.25, 0.3) is 0 Å². The molecule has 0 saturated carbocycles. The fourth-order valence-corrected chi connectivity index (χ4v) is 6.57. The van der Waals surface area contributed by atoms with E-state index in [1.165, 1.54) is 11.1 Å². The van der Waals surface area contributed by atoms with Crippen molar-refractivity contribution in [3.05, 3.63) is 99.0 Å². The van der Waals surface area contributed by atoms with Crippen LogP contribution in [-0.4, -0.2) is 104 Å². The highest BCUT2D eigenvalue weighted by Crippen LogP contribution is 2.20. The lowest BCUT2D eigenvalue weighted by atomic mass is 10.1. The van der Waals surface area contributed by atoms with Crippen molar-refractivity contribution in [1.82, 2.24) is 36.1 Å². The van der Waals surface area contributed by atoms with Gasteiger partial charge >= 0.3 is 12.1 Å². The lowest BCUT2D eigenvalue weighted by Crippen LogP contribution is -2.52. The monoisotopic (exact) mass is 811 g/mol. The molecular formula is C42H65N7O5S2. The molecule has 1 aromatic heterocycles. The predicted molar refractivity (Wildman–Crippen MR) is 231 cm³/mol. The van der Waals surface area contributed by atoms with Crippen LogP contribution in [0.4, 0.5) is 9.59 Å². The third kappa shape index (κ3) is 21.3. The minimum absolute atomic E-state index is 0.214. The number of amides is 4. The first-order valence-electron chi connectivity index (χ1n) is 19.6. The quantitative estimate of drug-likeness (QED) is 0.117. The summed E-state index contributed by atoms with van der Waals surface area (Å²) in [6, 6.07) is 19.5. The number of urea groups is 1. The van der Waals surface area contributed by atoms with Gasteiger partial charge in [0.1, 0.15) is 12.6 Å². The lowest BCUT2D eigenvalue weighted by molar-refractivity contribution is -0.123. The molecule has 1 atom stereocenters. The van der Waals surface area contributed by atoms with Gasteiger partial charge in [-0.3, -0.25) is 9.69 Å². The van der Waals surface area contributed by atoms with E-state index in [1.807, 2.05) is 61.8 Å². The van der Waals surface area contributed by atoms with Crippen molar-refractivity contribution >= 4 is 41.1 Å². The molecule has 1 fully saturated rings. The number of ether oxygens (including phenoxy) is 2. The van der Waals surface area contributed by atoms with Crippen molar-refractivity contribution in [3.63, 3.8) is 0 Å². The number of hydrogen-bond donors (Lipinski definition) is 4. The van der Waals surface area contributed by atoms with Gasteiger partial charge in [-0.15, -0.1) is 23.1 Å². The molecule has 310 valence electrons. The molecule has 4 amide bonds. The van der Waals surface area contributed by atoms with Gasteiger partial charge in [-0.05, 0) is 33.1 Å². The van der Waals surface area contributed by atoms with Gasteiger partial charge in [0.15, 0.2) is 0 Å². The van der Waals surface area contributed by atoms with E-state index in [1.54, 1.807) is 35.0 Å². The fourth-order valence-electron chi connectivity index (χ4n) is 5.09. The Hall–Kier alpha value is -4.11. The van der Waals surface area contributed by atoms with Crippen LogP contribution in [0.5, 0.6) is 0 Å². The van der Waals surface area contributed by atoms with Crippen LogP contribution in [-0.2, 0) is 20.8 Å². The Morgan fingerprint density at radius 1 is 0.946 bits per heavy atom. The predicted octanol–water partition coefficient (Wildman–Crippen LogP) is 7.27. The molecule has 2 aromatic carbocycles. The highest BCUT2D eigenvalue weighted by Gasteiger charge is 2.24. The number of aromatic nitrogens is 1. The number of morpholine rings is 1. The first-order chi connectivity index (χ1) is 27.1. The summed E-state index contributed by atoms with van der Waals surface area (Å²) in [5.74, 6) is 0.924. The van der Waals surface area contributed by atoms with E-state index in [2.05, 4.69) is 83.1 Å². The Labute approximate surface area is 343 Å². The van der Waals surface area contributed by atoms with E-state index in [0.29, 0.717) is 64.6 Å². The average Bonchev–Trinajstić information content (AvgIpc) is 3.92. The van der Waals surface area contributed by atoms with Crippen LogP contribution in [0.2, 0.25) is 0 Å². The third-order valence-electron chi connectivity index (χ3n) is 8.26. The highest BCUT2D eigenvalue weighted by atomic mass is 32.2. The van der Waals surface area contributed by atoms with Gasteiger partial charge in [-0.1, -0.05) is 99.5 Å². The average molecular weight is 812 g/mol. The Morgan fingerprint density at radius 3 is 2.07 bits per heavy atom. The second-order valence-corrected chi connectivity index (χ2v) is 15.3. The highest BCUT2D eigenvalue weighted by molar-refractivity contribution is 8.03. The fraction of sp³-hybridized carbons (Fsp3) is 0.524. The summed E-state index contributed by atoms with van der Waals surface area (Å²) in [6.45, 7) is 17.5. The molecule has 0 bridgehead atoms. The smallest absolute Gasteiger partial charge is 0.407 e. The lowest BCUT2D eigenvalue weighted by Gasteiger charge is -2.29. The van der Waals surface area contributed by atoms with E-state index in [9.17, 15) is 14.4 Å². The molecule has 2 aliphatic rings. The molecule has 3 heterocycles. The SMILES string of the molecule is CC.CC(C)c1nc(CN(C)C(=O)NC(CCN2CCOCC2)C(=O)NCCCCNC(=O)OCC2=CNCS2)cs1.Cc1ccccc1.Cc1ccccc1. The van der Waals surface area contributed by atoms with E-state index in [4.69, 9.17) is 9.47 Å². The van der Waals surface area contributed by atoms with Gasteiger partial charge in [0.25, 0.3) is 0 Å². The summed E-state index contributed by atoms with van der Waals surface area (Å²) in [5, 5.41) is 14.7. The largest absolute Gasteiger partial charge is 0.444 e. The zero-order valence-electron chi connectivity index (χ0n) is 34.5. The summed E-state index contributed by atoms with van der Waals surface area (Å²) in [6.07, 6.45) is 3.26. The molecule has 5 rings (SSSR count). The minimum atomic E-state index is -0.662. The third-order valence-corrected chi connectivity index (χ3v) is 10.4. The number of hydrogen-bond acceptors (Lipinski definition) is 10. The minimum Gasteiger partial charge on any atom is -0.444 e. The molecule has 12 nitrogen and oxygen atoms in total. The number of nitrogens with zero attached hydrogens (tertiary/aromatic N) is 3. The van der Waals surface area contributed by atoms with E-state index in [-0.39, 0.29) is 18.5 Å². The molecule has 1 saturated heterocycles. The van der Waals surface area contributed by atoms with Crippen molar-refractivity contribution in [1.29, 1.82) is 0 Å². The molecule has 2 aliphatic heterocycles. The number of carbonyl (C=O) groups is 3. The molecular weight excluding hydrogens is 747 g/mol. The van der Waals surface area contributed by atoms with Crippen LogP contribution < -0.4 is 21.3 Å². The number of thioether (sulfide) groups is 1. The van der Waals surface area contributed by atoms with Crippen molar-refractivity contribution in [3.8, 4) is 0 Å². The molecule has 3 aromatic rings. The van der Waals surface area contributed by atoms with Gasteiger partial charge in [-0.2, -0.15) is 0 Å². The van der Waals surface area contributed by atoms with Gasteiger partial charge in [0.2, 0.25) is 5.91 Å². The van der Waals surface area contributed by atoms with Crippen LogP contribution >= 0.6 is 23.1 Å². The summed E-state index contributed by atoms with van der Waals surface area (Å²) in [5.41, 5.74) is 3.48. The number of alkyl carbamates (subject to hydrolysis) is 1. The van der Waals surface area contributed by atoms with Gasteiger partial charge in [0, 0.05) is 62.2 Å². The molecule has 0 aliphatic carbocycles. The molecule has 1 unspecified atom stereocenters. The Morgan fingerprint density at radius 2 is 1.55 bits per heavy atom. The number of carbonyl (C=O) groups excluding carboxylic acids is 3. The van der Waals surface area contributed by atoms with Crippen LogP contribution in [0, 0.1) is 13.8 Å². The molecule has 56 heavy (non-hydrogen) atoms. The Bertz CT molecular complexity index is 1500. The summed E-state index contributed by atoms with van der Waals surface area (Å²) in [4.78, 5) is 47.3. The van der Waals surface area contributed by atoms with Crippen LogP contribution in [0.1, 0.15) is 74.7 Å². The van der Waals surface area contributed by atoms with Gasteiger partial charge in [0.05, 0.1) is 36.3 Å². The molecule has 4 N–H and O–H groups in total. The second-order valence-electron chi connectivity index (χ2n) is 13.3.